The quantitative estimate of drug-likeness (QED) is 0.468. The van der Waals surface area contributed by atoms with E-state index in [-0.39, 0.29) is 34.9 Å². The molecule has 0 radical (unpaired) electrons. The van der Waals surface area contributed by atoms with Gasteiger partial charge in [-0.3, -0.25) is 4.79 Å². The van der Waals surface area contributed by atoms with E-state index in [0.29, 0.717) is 10.8 Å². The summed E-state index contributed by atoms with van der Waals surface area (Å²) in [6, 6.07) is 2.20. The Balaban J connectivity index is 1.69. The van der Waals surface area contributed by atoms with Gasteiger partial charge in [-0.1, -0.05) is 27.7 Å². The molecule has 5 nitrogen and oxygen atoms in total. The average molecular weight is 476 g/mol. The molecule has 0 atom stereocenters. The largest absolute Gasteiger partial charge is 0.465 e. The fourth-order valence-electron chi connectivity index (χ4n) is 5.90. The number of rotatable bonds is 4. The summed E-state index contributed by atoms with van der Waals surface area (Å²) in [5.74, 6) is 0.602. The van der Waals surface area contributed by atoms with Crippen LogP contribution < -0.4 is 4.90 Å². The molecule has 0 aromatic carbocycles. The van der Waals surface area contributed by atoms with Crippen molar-refractivity contribution < 1.29 is 19.1 Å². The van der Waals surface area contributed by atoms with Crippen LogP contribution in [0.1, 0.15) is 106 Å². The van der Waals surface area contributed by atoms with Gasteiger partial charge in [0.2, 0.25) is 5.91 Å². The number of hydrogen-bond donors (Lipinski definition) is 0. The first kappa shape index (κ1) is 24.7. The van der Waals surface area contributed by atoms with Crippen molar-refractivity contribution in [1.29, 1.82) is 0 Å². The first-order chi connectivity index (χ1) is 15.6. The molecule has 2 aliphatic carbocycles. The van der Waals surface area contributed by atoms with Gasteiger partial charge < -0.3 is 14.4 Å². The van der Waals surface area contributed by atoms with Crippen LogP contribution in [0.3, 0.4) is 0 Å². The fourth-order valence-corrected chi connectivity index (χ4v) is 7.03. The van der Waals surface area contributed by atoms with Crippen molar-refractivity contribution in [2.45, 2.75) is 109 Å². The number of anilines is 1. The van der Waals surface area contributed by atoms with Crippen LogP contribution in [0.4, 0.5) is 5.69 Å². The monoisotopic (exact) mass is 475 g/mol. The van der Waals surface area contributed by atoms with E-state index >= 15 is 0 Å². The second-order valence-electron chi connectivity index (χ2n) is 11.6. The third-order valence-corrected chi connectivity index (χ3v) is 9.63. The molecule has 1 aliphatic heterocycles. The summed E-state index contributed by atoms with van der Waals surface area (Å²) in [7, 11) is 1.43. The molecule has 4 rings (SSSR count). The predicted octanol–water partition coefficient (Wildman–Crippen LogP) is 6.48. The van der Waals surface area contributed by atoms with Crippen LogP contribution in [0.2, 0.25) is 0 Å². The van der Waals surface area contributed by atoms with Crippen LogP contribution >= 0.6 is 11.3 Å². The van der Waals surface area contributed by atoms with Gasteiger partial charge in [-0.05, 0) is 81.6 Å². The molecule has 1 saturated heterocycles. The van der Waals surface area contributed by atoms with Gasteiger partial charge in [0.1, 0.15) is 4.88 Å². The molecule has 3 fully saturated rings. The van der Waals surface area contributed by atoms with E-state index < -0.39 is 0 Å². The molecule has 3 aliphatic rings. The van der Waals surface area contributed by atoms with Crippen molar-refractivity contribution >= 4 is 28.9 Å². The Morgan fingerprint density at radius 3 is 2.30 bits per heavy atom. The van der Waals surface area contributed by atoms with Gasteiger partial charge in [0.15, 0.2) is 0 Å². The highest BCUT2D eigenvalue weighted by molar-refractivity contribution is 7.14. The highest BCUT2D eigenvalue weighted by Crippen LogP contribution is 2.45. The van der Waals surface area contributed by atoms with Crippen molar-refractivity contribution in [2.75, 3.05) is 18.6 Å². The van der Waals surface area contributed by atoms with Gasteiger partial charge in [-0.15, -0.1) is 11.3 Å². The van der Waals surface area contributed by atoms with Crippen LogP contribution in [-0.4, -0.2) is 37.2 Å². The van der Waals surface area contributed by atoms with Gasteiger partial charge in [-0.2, -0.15) is 0 Å². The molecule has 2 saturated carbocycles. The minimum Gasteiger partial charge on any atom is -0.465 e. The lowest BCUT2D eigenvalue weighted by Crippen LogP contribution is -2.49. The summed E-state index contributed by atoms with van der Waals surface area (Å²) in [5.41, 5.74) is 0.685. The Kier molecular flexibility index (Phi) is 7.26. The standard InChI is InChI=1S/C27H41NO4S/c1-18-7-9-19(10-8-18)24(29)28(20-11-14-27(15-12-20)13-6-16-32-27)21-17-22(26(2,3)4)33-23(21)25(30)31-5/h17-20H,6-16H2,1-5H3. The summed E-state index contributed by atoms with van der Waals surface area (Å²) >= 11 is 1.48. The van der Waals surface area contributed by atoms with Gasteiger partial charge >= 0.3 is 5.97 Å². The van der Waals surface area contributed by atoms with Crippen molar-refractivity contribution in [2.24, 2.45) is 11.8 Å². The van der Waals surface area contributed by atoms with Crippen LogP contribution in [0.15, 0.2) is 6.07 Å². The Labute approximate surface area is 203 Å². The van der Waals surface area contributed by atoms with Gasteiger partial charge in [0, 0.05) is 23.4 Å². The molecule has 1 spiro atoms. The average Bonchev–Trinajstić information content (AvgIpc) is 3.43. The number of nitrogens with zero attached hydrogens (tertiary/aromatic N) is 1. The number of thiophene rings is 1. The zero-order valence-corrected chi connectivity index (χ0v) is 21.9. The predicted molar refractivity (Wildman–Crippen MR) is 133 cm³/mol. The molecule has 6 heteroatoms. The van der Waals surface area contributed by atoms with E-state index in [4.69, 9.17) is 9.47 Å². The molecule has 184 valence electrons. The molecule has 0 bridgehead atoms. The minimum absolute atomic E-state index is 0.0158. The molecule has 1 aromatic heterocycles. The fraction of sp³-hybridized carbons (Fsp3) is 0.778. The second kappa shape index (κ2) is 9.69. The summed E-state index contributed by atoms with van der Waals surface area (Å²) in [4.78, 5) is 30.6. The molecule has 0 unspecified atom stereocenters. The van der Waals surface area contributed by atoms with Crippen LogP contribution in [-0.2, 0) is 19.7 Å². The molecular formula is C27H41NO4S. The molecule has 0 N–H and O–H groups in total. The van der Waals surface area contributed by atoms with E-state index in [9.17, 15) is 9.59 Å². The maximum absolute atomic E-state index is 14.1. The van der Waals surface area contributed by atoms with E-state index in [1.165, 1.54) is 18.4 Å². The Morgan fingerprint density at radius 2 is 1.76 bits per heavy atom. The summed E-state index contributed by atoms with van der Waals surface area (Å²) < 4.78 is 11.3. The van der Waals surface area contributed by atoms with Gasteiger partial charge in [-0.25, -0.2) is 4.79 Å². The zero-order valence-electron chi connectivity index (χ0n) is 21.1. The van der Waals surface area contributed by atoms with Crippen LogP contribution in [0, 0.1) is 11.8 Å². The van der Waals surface area contributed by atoms with Gasteiger partial charge in [0.25, 0.3) is 0 Å². The molecule has 1 amide bonds. The topological polar surface area (TPSA) is 55.8 Å². The number of amides is 1. The number of hydrogen-bond acceptors (Lipinski definition) is 5. The first-order valence-electron chi connectivity index (χ1n) is 12.8. The molecule has 1 aromatic rings. The van der Waals surface area contributed by atoms with Crippen molar-refractivity contribution in [3.63, 3.8) is 0 Å². The number of carbonyl (C=O) groups excluding carboxylic acids is 2. The Morgan fingerprint density at radius 1 is 1.09 bits per heavy atom. The van der Waals surface area contributed by atoms with Gasteiger partial charge in [0.05, 0.1) is 18.4 Å². The minimum atomic E-state index is -0.341. The third kappa shape index (κ3) is 5.17. The van der Waals surface area contributed by atoms with E-state index in [2.05, 4.69) is 33.8 Å². The van der Waals surface area contributed by atoms with E-state index in [1.54, 1.807) is 0 Å². The van der Waals surface area contributed by atoms with Crippen molar-refractivity contribution in [3.05, 3.63) is 15.8 Å². The lowest BCUT2D eigenvalue weighted by Gasteiger charge is -2.42. The number of carbonyl (C=O) groups is 2. The van der Waals surface area contributed by atoms with Crippen LogP contribution in [0.5, 0.6) is 0 Å². The van der Waals surface area contributed by atoms with Crippen LogP contribution in [0.25, 0.3) is 0 Å². The Bertz CT molecular complexity index is 846. The summed E-state index contributed by atoms with van der Waals surface area (Å²) in [5, 5.41) is 0. The summed E-state index contributed by atoms with van der Waals surface area (Å²) in [6.07, 6.45) is 10.2. The SMILES string of the molecule is COC(=O)c1sc(C(C)(C)C)cc1N(C(=O)C1CCC(C)CC1)C1CCC2(CCCO2)CC1. The second-order valence-corrected chi connectivity index (χ2v) is 12.7. The summed E-state index contributed by atoms with van der Waals surface area (Å²) in [6.45, 7) is 9.60. The first-order valence-corrected chi connectivity index (χ1v) is 13.6. The lowest BCUT2D eigenvalue weighted by molar-refractivity contribution is -0.124. The normalized spacial score (nSPS) is 30.4. The highest BCUT2D eigenvalue weighted by Gasteiger charge is 2.43. The number of esters is 1. The molecular weight excluding hydrogens is 434 g/mol. The number of ether oxygens (including phenoxy) is 2. The zero-order chi connectivity index (χ0) is 23.8. The van der Waals surface area contributed by atoms with Crippen molar-refractivity contribution in [3.8, 4) is 0 Å². The smallest absolute Gasteiger partial charge is 0.350 e. The Hall–Kier alpha value is -1.40. The number of methoxy groups -OCH3 is 1. The lowest BCUT2D eigenvalue weighted by atomic mass is 9.78. The highest BCUT2D eigenvalue weighted by atomic mass is 32.1. The maximum Gasteiger partial charge on any atom is 0.350 e. The third-order valence-electron chi connectivity index (χ3n) is 8.10. The van der Waals surface area contributed by atoms with E-state index in [0.717, 1.165) is 81.4 Å². The molecule has 2 heterocycles. The molecule has 33 heavy (non-hydrogen) atoms. The van der Waals surface area contributed by atoms with E-state index in [1.807, 2.05) is 4.90 Å². The maximum atomic E-state index is 14.1. The van der Waals surface area contributed by atoms with Crippen molar-refractivity contribution in [1.82, 2.24) is 0 Å².